The quantitative estimate of drug-likeness (QED) is 0.562. The third kappa shape index (κ3) is 2.76. The molecule has 0 aliphatic heterocycles. The second kappa shape index (κ2) is 5.85. The van der Waals surface area contributed by atoms with E-state index in [2.05, 4.69) is 15.5 Å². The number of fused-ring (bicyclic) bond motifs is 1. The first-order chi connectivity index (χ1) is 10.6. The molecule has 1 heterocycles. The maximum absolute atomic E-state index is 12.1. The topological polar surface area (TPSA) is 57.2 Å². The Morgan fingerprint density at radius 3 is 2.77 bits per heavy atom. The molecule has 0 saturated heterocycles. The number of nitrogens with zero attached hydrogens (tertiary/aromatic N) is 1. The predicted molar refractivity (Wildman–Crippen MR) is 89.3 cm³/mol. The molecule has 0 bridgehead atoms. The fourth-order valence-corrected chi connectivity index (χ4v) is 2.31. The molecule has 2 aromatic carbocycles. The van der Waals surface area contributed by atoms with E-state index < -0.39 is 0 Å². The Morgan fingerprint density at radius 2 is 1.95 bits per heavy atom. The van der Waals surface area contributed by atoms with Gasteiger partial charge in [0.05, 0.1) is 6.21 Å². The zero-order valence-corrected chi connectivity index (χ0v) is 12.6. The van der Waals surface area contributed by atoms with Crippen molar-refractivity contribution in [3.63, 3.8) is 0 Å². The van der Waals surface area contributed by atoms with E-state index in [0.717, 1.165) is 22.0 Å². The van der Waals surface area contributed by atoms with Crippen LogP contribution in [0.1, 0.15) is 27.0 Å². The van der Waals surface area contributed by atoms with Crippen molar-refractivity contribution in [2.75, 3.05) is 0 Å². The molecule has 2 N–H and O–H groups in total. The van der Waals surface area contributed by atoms with Gasteiger partial charge in [0.15, 0.2) is 0 Å². The number of rotatable bonds is 3. The van der Waals surface area contributed by atoms with E-state index in [1.54, 1.807) is 12.3 Å². The van der Waals surface area contributed by atoms with Gasteiger partial charge < -0.3 is 4.98 Å². The molecule has 4 nitrogen and oxygen atoms in total. The van der Waals surface area contributed by atoms with E-state index in [0.29, 0.717) is 5.56 Å². The monoisotopic (exact) mass is 291 g/mol. The lowest BCUT2D eigenvalue weighted by atomic mass is 10.1. The van der Waals surface area contributed by atoms with Gasteiger partial charge in [0, 0.05) is 28.2 Å². The largest absolute Gasteiger partial charge is 0.361 e. The van der Waals surface area contributed by atoms with Gasteiger partial charge in [-0.1, -0.05) is 24.3 Å². The number of benzene rings is 2. The minimum absolute atomic E-state index is 0.209. The van der Waals surface area contributed by atoms with Crippen molar-refractivity contribution in [3.05, 3.63) is 70.9 Å². The lowest BCUT2D eigenvalue weighted by Gasteiger charge is -2.03. The van der Waals surface area contributed by atoms with Crippen LogP contribution in [0, 0.1) is 13.8 Å². The van der Waals surface area contributed by atoms with Crippen LogP contribution < -0.4 is 5.43 Å². The molecule has 0 aliphatic carbocycles. The predicted octanol–water partition coefficient (Wildman–Crippen LogP) is 3.55. The van der Waals surface area contributed by atoms with Crippen LogP contribution in [-0.2, 0) is 0 Å². The van der Waals surface area contributed by atoms with Crippen LogP contribution in [0.5, 0.6) is 0 Å². The van der Waals surface area contributed by atoms with Gasteiger partial charge in [-0.3, -0.25) is 4.79 Å². The molecular formula is C18H17N3O. The van der Waals surface area contributed by atoms with Gasteiger partial charge >= 0.3 is 0 Å². The molecule has 0 radical (unpaired) electrons. The van der Waals surface area contributed by atoms with Gasteiger partial charge in [-0.15, -0.1) is 0 Å². The first kappa shape index (κ1) is 14.1. The third-order valence-electron chi connectivity index (χ3n) is 3.76. The Bertz CT molecular complexity index is 862. The summed E-state index contributed by atoms with van der Waals surface area (Å²) in [6, 6.07) is 13.6. The first-order valence-electron chi connectivity index (χ1n) is 7.12. The van der Waals surface area contributed by atoms with E-state index in [1.807, 2.05) is 56.4 Å². The molecule has 3 aromatic rings. The number of aromatic amines is 1. The van der Waals surface area contributed by atoms with Crippen LogP contribution in [0.15, 0.2) is 53.8 Å². The molecule has 0 saturated carbocycles. The number of para-hydroxylation sites is 1. The lowest BCUT2D eigenvalue weighted by Crippen LogP contribution is -2.17. The number of aromatic nitrogens is 1. The molecule has 0 spiro atoms. The van der Waals surface area contributed by atoms with E-state index in [4.69, 9.17) is 0 Å². The lowest BCUT2D eigenvalue weighted by molar-refractivity contribution is 0.0955. The Hall–Kier alpha value is -2.88. The Morgan fingerprint density at radius 1 is 1.14 bits per heavy atom. The van der Waals surface area contributed by atoms with Crippen LogP contribution >= 0.6 is 0 Å². The van der Waals surface area contributed by atoms with Gasteiger partial charge in [0.1, 0.15) is 0 Å². The molecule has 0 unspecified atom stereocenters. The Kier molecular flexibility index (Phi) is 3.74. The number of aryl methyl sites for hydroxylation is 2. The van der Waals surface area contributed by atoms with Gasteiger partial charge in [-0.05, 0) is 43.2 Å². The summed E-state index contributed by atoms with van der Waals surface area (Å²) in [7, 11) is 0. The average molecular weight is 291 g/mol. The molecular weight excluding hydrogens is 274 g/mol. The van der Waals surface area contributed by atoms with Crippen molar-refractivity contribution in [2.24, 2.45) is 5.10 Å². The van der Waals surface area contributed by atoms with Crippen molar-refractivity contribution >= 4 is 23.0 Å². The van der Waals surface area contributed by atoms with Gasteiger partial charge in [0.25, 0.3) is 5.91 Å². The number of carbonyl (C=O) groups excluding carboxylic acids is 1. The molecule has 0 fully saturated rings. The molecule has 22 heavy (non-hydrogen) atoms. The highest BCUT2D eigenvalue weighted by Crippen LogP contribution is 2.15. The minimum Gasteiger partial charge on any atom is -0.361 e. The van der Waals surface area contributed by atoms with Crippen molar-refractivity contribution in [2.45, 2.75) is 13.8 Å². The number of hydrogen-bond acceptors (Lipinski definition) is 2. The van der Waals surface area contributed by atoms with Crippen molar-refractivity contribution in [1.82, 2.24) is 10.4 Å². The number of carbonyl (C=O) groups is 1. The molecule has 0 aliphatic rings. The van der Waals surface area contributed by atoms with E-state index in [-0.39, 0.29) is 5.91 Å². The molecule has 1 aromatic heterocycles. The van der Waals surface area contributed by atoms with Crippen LogP contribution in [-0.4, -0.2) is 17.1 Å². The zero-order chi connectivity index (χ0) is 15.5. The number of hydrogen-bond donors (Lipinski definition) is 2. The van der Waals surface area contributed by atoms with E-state index >= 15 is 0 Å². The normalized spacial score (nSPS) is 11.2. The molecule has 3 rings (SSSR count). The van der Waals surface area contributed by atoms with E-state index in [1.165, 1.54) is 5.56 Å². The molecule has 4 heteroatoms. The molecule has 1 amide bonds. The van der Waals surface area contributed by atoms with E-state index in [9.17, 15) is 4.79 Å². The summed E-state index contributed by atoms with van der Waals surface area (Å²) in [5.74, 6) is -0.209. The second-order valence-electron chi connectivity index (χ2n) is 5.29. The number of amides is 1. The van der Waals surface area contributed by atoms with Crippen molar-refractivity contribution in [3.8, 4) is 0 Å². The van der Waals surface area contributed by atoms with Crippen molar-refractivity contribution < 1.29 is 4.79 Å². The van der Waals surface area contributed by atoms with Crippen molar-refractivity contribution in [1.29, 1.82) is 0 Å². The Balaban J connectivity index is 1.74. The summed E-state index contributed by atoms with van der Waals surface area (Å²) in [6.45, 7) is 4.01. The highest BCUT2D eigenvalue weighted by atomic mass is 16.2. The van der Waals surface area contributed by atoms with Crippen LogP contribution in [0.4, 0.5) is 0 Å². The maximum atomic E-state index is 12.1. The molecule has 110 valence electrons. The fourth-order valence-electron chi connectivity index (χ4n) is 2.31. The average Bonchev–Trinajstić information content (AvgIpc) is 2.93. The summed E-state index contributed by atoms with van der Waals surface area (Å²) in [5.41, 5.74) is 7.42. The first-order valence-corrected chi connectivity index (χ1v) is 7.12. The maximum Gasteiger partial charge on any atom is 0.271 e. The highest BCUT2D eigenvalue weighted by Gasteiger charge is 2.05. The summed E-state index contributed by atoms with van der Waals surface area (Å²) < 4.78 is 0. The zero-order valence-electron chi connectivity index (χ0n) is 12.6. The van der Waals surface area contributed by atoms with Crippen LogP contribution in [0.2, 0.25) is 0 Å². The Labute approximate surface area is 128 Å². The van der Waals surface area contributed by atoms with Crippen LogP contribution in [0.3, 0.4) is 0 Å². The number of H-pyrrole nitrogens is 1. The third-order valence-corrected chi connectivity index (χ3v) is 3.76. The smallest absolute Gasteiger partial charge is 0.271 e. The number of hydrazone groups is 1. The van der Waals surface area contributed by atoms with Gasteiger partial charge in [0.2, 0.25) is 0 Å². The molecule has 0 atom stereocenters. The minimum atomic E-state index is -0.209. The summed E-state index contributed by atoms with van der Waals surface area (Å²) in [4.78, 5) is 15.2. The summed E-state index contributed by atoms with van der Waals surface area (Å²) in [6.07, 6.45) is 3.52. The summed E-state index contributed by atoms with van der Waals surface area (Å²) >= 11 is 0. The van der Waals surface area contributed by atoms with Crippen LogP contribution in [0.25, 0.3) is 10.9 Å². The summed E-state index contributed by atoms with van der Waals surface area (Å²) in [5, 5.41) is 5.12. The van der Waals surface area contributed by atoms with Gasteiger partial charge in [-0.25, -0.2) is 5.43 Å². The fraction of sp³-hybridized carbons (Fsp3) is 0.111. The standard InChI is InChI=1S/C18H17N3O/c1-12-7-8-14(9-13(12)2)18(22)21-20-11-15-10-19-17-6-4-3-5-16(15)17/h3-11,19H,1-2H3,(H,21,22)/b20-11+. The highest BCUT2D eigenvalue weighted by molar-refractivity contribution is 6.00. The number of nitrogens with one attached hydrogen (secondary N) is 2. The second-order valence-corrected chi connectivity index (χ2v) is 5.29. The SMILES string of the molecule is Cc1ccc(C(=O)N/N=C/c2c[nH]c3ccccc23)cc1C. The van der Waals surface area contributed by atoms with Gasteiger partial charge in [-0.2, -0.15) is 5.10 Å².